The SMILES string of the molecule is CCCCOCCC(CC(=O)CCc1ccccc1)=C(CC(=O)O)C(=O)O. The van der Waals surface area contributed by atoms with E-state index in [0.29, 0.717) is 18.6 Å². The molecule has 2 N–H and O–H groups in total. The molecule has 0 saturated carbocycles. The van der Waals surface area contributed by atoms with Crippen LogP contribution in [0.1, 0.15) is 51.0 Å². The number of ketones is 1. The van der Waals surface area contributed by atoms with Crippen molar-refractivity contribution >= 4 is 17.7 Å². The van der Waals surface area contributed by atoms with E-state index in [2.05, 4.69) is 0 Å². The number of aryl methyl sites for hydroxylation is 1. The lowest BCUT2D eigenvalue weighted by molar-refractivity contribution is -0.139. The average molecular weight is 376 g/mol. The van der Waals surface area contributed by atoms with Gasteiger partial charge in [-0.15, -0.1) is 0 Å². The number of Topliss-reactive ketones (excluding diaryl/α,β-unsaturated/α-hetero) is 1. The van der Waals surface area contributed by atoms with Crippen LogP contribution in [0.5, 0.6) is 0 Å². The molecule has 0 bridgehead atoms. The molecule has 0 aliphatic rings. The van der Waals surface area contributed by atoms with E-state index < -0.39 is 18.4 Å². The van der Waals surface area contributed by atoms with Gasteiger partial charge in [0.25, 0.3) is 0 Å². The highest BCUT2D eigenvalue weighted by Gasteiger charge is 2.20. The van der Waals surface area contributed by atoms with Crippen LogP contribution in [-0.2, 0) is 25.5 Å². The Morgan fingerprint density at radius 2 is 1.67 bits per heavy atom. The van der Waals surface area contributed by atoms with Gasteiger partial charge in [-0.2, -0.15) is 0 Å². The zero-order valence-electron chi connectivity index (χ0n) is 15.8. The fourth-order valence-corrected chi connectivity index (χ4v) is 2.65. The van der Waals surface area contributed by atoms with Crippen LogP contribution in [-0.4, -0.2) is 41.1 Å². The Bertz CT molecular complexity index is 648. The van der Waals surface area contributed by atoms with E-state index in [1.165, 1.54) is 0 Å². The number of aliphatic carboxylic acids is 2. The van der Waals surface area contributed by atoms with E-state index >= 15 is 0 Å². The first-order valence-electron chi connectivity index (χ1n) is 9.23. The van der Waals surface area contributed by atoms with E-state index in [9.17, 15) is 19.5 Å². The quantitative estimate of drug-likeness (QED) is 0.380. The van der Waals surface area contributed by atoms with Crippen LogP contribution in [0.25, 0.3) is 0 Å². The maximum absolute atomic E-state index is 12.4. The van der Waals surface area contributed by atoms with Gasteiger partial charge >= 0.3 is 11.9 Å². The monoisotopic (exact) mass is 376 g/mol. The van der Waals surface area contributed by atoms with Gasteiger partial charge < -0.3 is 14.9 Å². The smallest absolute Gasteiger partial charge is 0.332 e. The number of carboxylic acid groups (broad SMARTS) is 2. The fourth-order valence-electron chi connectivity index (χ4n) is 2.65. The molecule has 1 rings (SSSR count). The number of rotatable bonds is 14. The number of carboxylic acids is 2. The van der Waals surface area contributed by atoms with Gasteiger partial charge in [0.1, 0.15) is 5.78 Å². The van der Waals surface area contributed by atoms with Crippen LogP contribution in [0.3, 0.4) is 0 Å². The summed E-state index contributed by atoms with van der Waals surface area (Å²) in [7, 11) is 0. The van der Waals surface area contributed by atoms with Gasteiger partial charge in [-0.05, 0) is 30.4 Å². The number of unbranched alkanes of at least 4 members (excludes halogenated alkanes) is 1. The normalized spacial score (nSPS) is 11.7. The average Bonchev–Trinajstić information content (AvgIpc) is 2.64. The van der Waals surface area contributed by atoms with E-state index in [4.69, 9.17) is 9.84 Å². The third-order valence-electron chi connectivity index (χ3n) is 4.15. The van der Waals surface area contributed by atoms with E-state index in [-0.39, 0.29) is 37.2 Å². The molecule has 0 aromatic heterocycles. The number of hydrogen-bond acceptors (Lipinski definition) is 4. The van der Waals surface area contributed by atoms with Crippen LogP contribution >= 0.6 is 0 Å². The topological polar surface area (TPSA) is 101 Å². The Labute approximate surface area is 159 Å². The molecule has 1 aromatic carbocycles. The van der Waals surface area contributed by atoms with Crippen molar-refractivity contribution in [3.63, 3.8) is 0 Å². The maximum atomic E-state index is 12.4. The summed E-state index contributed by atoms with van der Waals surface area (Å²) in [5, 5.41) is 18.4. The third-order valence-corrected chi connectivity index (χ3v) is 4.15. The minimum Gasteiger partial charge on any atom is -0.481 e. The van der Waals surface area contributed by atoms with Crippen LogP contribution in [0.15, 0.2) is 41.5 Å². The Hall–Kier alpha value is -2.47. The Morgan fingerprint density at radius 3 is 2.26 bits per heavy atom. The van der Waals surface area contributed by atoms with Gasteiger partial charge in [-0.3, -0.25) is 9.59 Å². The first-order chi connectivity index (χ1) is 12.9. The molecule has 0 amide bonds. The van der Waals surface area contributed by atoms with Crippen LogP contribution in [0, 0.1) is 0 Å². The Balaban J connectivity index is 2.77. The molecule has 6 heteroatoms. The van der Waals surface area contributed by atoms with Crippen molar-refractivity contribution < 1.29 is 29.3 Å². The van der Waals surface area contributed by atoms with Gasteiger partial charge in [-0.25, -0.2) is 4.79 Å². The summed E-state index contributed by atoms with van der Waals surface area (Å²) in [6.07, 6.45) is 2.32. The minimum atomic E-state index is -1.29. The van der Waals surface area contributed by atoms with Crippen molar-refractivity contribution in [1.82, 2.24) is 0 Å². The van der Waals surface area contributed by atoms with Gasteiger partial charge in [0.2, 0.25) is 0 Å². The van der Waals surface area contributed by atoms with E-state index in [1.807, 2.05) is 37.3 Å². The van der Waals surface area contributed by atoms with Crippen molar-refractivity contribution in [3.8, 4) is 0 Å². The summed E-state index contributed by atoms with van der Waals surface area (Å²) in [6.45, 7) is 2.88. The zero-order valence-corrected chi connectivity index (χ0v) is 15.8. The Kier molecular flexibility index (Phi) is 10.7. The summed E-state index contributed by atoms with van der Waals surface area (Å²) in [6, 6.07) is 9.55. The van der Waals surface area contributed by atoms with Gasteiger partial charge in [0.15, 0.2) is 0 Å². The number of carbonyl (C=O) groups is 3. The molecule has 148 valence electrons. The van der Waals surface area contributed by atoms with Gasteiger partial charge in [-0.1, -0.05) is 43.7 Å². The first-order valence-corrected chi connectivity index (χ1v) is 9.23. The van der Waals surface area contributed by atoms with Crippen LogP contribution in [0.2, 0.25) is 0 Å². The molecule has 27 heavy (non-hydrogen) atoms. The molecule has 6 nitrogen and oxygen atoms in total. The standard InChI is InChI=1S/C21H28O6/c1-2-3-12-27-13-11-17(19(21(25)26)15-20(23)24)14-18(22)10-9-16-7-5-4-6-8-16/h4-8H,2-3,9-15H2,1H3,(H,23,24)(H,25,26). The predicted octanol–water partition coefficient (Wildman–Crippen LogP) is 3.64. The molecule has 0 radical (unpaired) electrons. The lowest BCUT2D eigenvalue weighted by Crippen LogP contribution is -2.14. The van der Waals surface area contributed by atoms with Gasteiger partial charge in [0, 0.05) is 25.0 Å². The molecule has 0 atom stereocenters. The molecule has 0 heterocycles. The van der Waals surface area contributed by atoms with Crippen LogP contribution < -0.4 is 0 Å². The highest BCUT2D eigenvalue weighted by Crippen LogP contribution is 2.19. The predicted molar refractivity (Wildman–Crippen MR) is 102 cm³/mol. The van der Waals surface area contributed by atoms with Crippen molar-refractivity contribution in [2.24, 2.45) is 0 Å². The lowest BCUT2D eigenvalue weighted by atomic mass is 9.95. The first kappa shape index (κ1) is 22.6. The number of ether oxygens (including phenoxy) is 1. The number of benzene rings is 1. The zero-order chi connectivity index (χ0) is 20.1. The third kappa shape index (κ3) is 9.70. The molecule has 0 saturated heterocycles. The molecule has 0 spiro atoms. The molecule has 0 fully saturated rings. The second-order valence-corrected chi connectivity index (χ2v) is 6.37. The summed E-state index contributed by atoms with van der Waals surface area (Å²) in [5.74, 6) is -2.63. The lowest BCUT2D eigenvalue weighted by Gasteiger charge is -2.12. The van der Waals surface area contributed by atoms with Gasteiger partial charge in [0.05, 0.1) is 13.0 Å². The molecule has 1 aromatic rings. The molecule has 0 aliphatic heterocycles. The minimum absolute atomic E-state index is 0.0567. The summed E-state index contributed by atoms with van der Waals surface area (Å²) in [4.78, 5) is 34.9. The highest BCUT2D eigenvalue weighted by atomic mass is 16.5. The fraction of sp³-hybridized carbons (Fsp3) is 0.476. The van der Waals surface area contributed by atoms with E-state index in [1.54, 1.807) is 0 Å². The summed E-state index contributed by atoms with van der Waals surface area (Å²) in [5.41, 5.74) is 1.16. The molecule has 0 unspecified atom stereocenters. The number of carbonyl (C=O) groups excluding carboxylic acids is 1. The second-order valence-electron chi connectivity index (χ2n) is 6.37. The van der Waals surface area contributed by atoms with E-state index in [0.717, 1.165) is 18.4 Å². The summed E-state index contributed by atoms with van der Waals surface area (Å²) < 4.78 is 5.46. The van der Waals surface area contributed by atoms with Crippen LogP contribution in [0.4, 0.5) is 0 Å². The van der Waals surface area contributed by atoms with Crippen molar-refractivity contribution in [1.29, 1.82) is 0 Å². The van der Waals surface area contributed by atoms with Crippen molar-refractivity contribution in [2.45, 2.75) is 51.9 Å². The Morgan fingerprint density at radius 1 is 0.963 bits per heavy atom. The molecular weight excluding hydrogens is 348 g/mol. The van der Waals surface area contributed by atoms with Crippen molar-refractivity contribution in [3.05, 3.63) is 47.0 Å². The molecular formula is C21H28O6. The van der Waals surface area contributed by atoms with Crippen molar-refractivity contribution in [2.75, 3.05) is 13.2 Å². The second kappa shape index (κ2) is 12.8. The highest BCUT2D eigenvalue weighted by molar-refractivity contribution is 5.94. The largest absolute Gasteiger partial charge is 0.481 e. The molecule has 0 aliphatic carbocycles. The number of hydrogen-bond donors (Lipinski definition) is 2. The summed E-state index contributed by atoms with van der Waals surface area (Å²) >= 11 is 0. The maximum Gasteiger partial charge on any atom is 0.332 e.